The van der Waals surface area contributed by atoms with Gasteiger partial charge in [-0.1, -0.05) is 50.3 Å². The van der Waals surface area contributed by atoms with Crippen molar-refractivity contribution in [3.8, 4) is 0 Å². The second kappa shape index (κ2) is 8.55. The summed E-state index contributed by atoms with van der Waals surface area (Å²) in [6, 6.07) is 0. The van der Waals surface area contributed by atoms with Gasteiger partial charge in [-0.15, -0.1) is 0 Å². The molecule has 4 saturated carbocycles. The van der Waals surface area contributed by atoms with Gasteiger partial charge in [0.2, 0.25) is 0 Å². The lowest BCUT2D eigenvalue weighted by molar-refractivity contribution is 0.111. The van der Waals surface area contributed by atoms with Crippen molar-refractivity contribution in [1.29, 1.82) is 0 Å². The Labute approximate surface area is 177 Å². The summed E-state index contributed by atoms with van der Waals surface area (Å²) in [6.45, 7) is 9.02. The molecular weight excluding hydrogens is 356 g/mol. The zero-order valence-corrected chi connectivity index (χ0v) is 18.4. The first-order chi connectivity index (χ1) is 13.9. The monoisotopic (exact) mass is 396 g/mol. The van der Waals surface area contributed by atoms with Crippen LogP contribution in [0.15, 0.2) is 47.6 Å². The fraction of sp³-hybridized carbons (Fsp3) is 0.704. The van der Waals surface area contributed by atoms with Gasteiger partial charge in [0.1, 0.15) is 0 Å². The summed E-state index contributed by atoms with van der Waals surface area (Å²) in [5.41, 5.74) is 4.18. The van der Waals surface area contributed by atoms with Gasteiger partial charge in [0.05, 0.1) is 12.2 Å². The van der Waals surface area contributed by atoms with E-state index < -0.39 is 0 Å². The van der Waals surface area contributed by atoms with Crippen LogP contribution in [-0.2, 0) is 0 Å². The Morgan fingerprint density at radius 3 is 2.59 bits per heavy atom. The molecule has 6 atom stereocenters. The van der Waals surface area contributed by atoms with E-state index in [2.05, 4.69) is 44.7 Å². The van der Waals surface area contributed by atoms with Crippen LogP contribution in [-0.4, -0.2) is 22.4 Å². The van der Waals surface area contributed by atoms with Crippen molar-refractivity contribution in [2.24, 2.45) is 29.1 Å². The summed E-state index contributed by atoms with van der Waals surface area (Å²) in [5, 5.41) is 20.3. The fourth-order valence-electron chi connectivity index (χ4n) is 6.59. The van der Waals surface area contributed by atoms with Crippen LogP contribution < -0.4 is 0 Å². The molecule has 0 spiro atoms. The number of hydrogen-bond donors (Lipinski definition) is 2. The summed E-state index contributed by atoms with van der Waals surface area (Å²) in [4.78, 5) is 0. The smallest absolute Gasteiger partial charge is 0.0787 e. The number of aliphatic hydroxyl groups excluding tert-OH is 2. The van der Waals surface area contributed by atoms with E-state index in [0.717, 1.165) is 24.8 Å². The molecule has 4 aliphatic carbocycles. The van der Waals surface area contributed by atoms with Gasteiger partial charge >= 0.3 is 0 Å². The Kier molecular flexibility index (Phi) is 6.23. The third-order valence-corrected chi connectivity index (χ3v) is 8.63. The molecule has 0 aliphatic heterocycles. The standard InChI is InChI=1S/C27H40O2/c1-18(9-16-26(29)22-12-13-22)23-14-15-24-21(7-5-17-27(23,24)3)11-10-20-6-4-8-25(28)19(20)2/h9-11,16,18,22-26,28-29H,2,4-8,12-15,17H2,1,3H3/b16-9+,20-10-,21-11+/t18?,23?,24?,25-,26?,27?/m0/s1. The molecule has 2 N–H and O–H groups in total. The highest BCUT2D eigenvalue weighted by molar-refractivity contribution is 5.37. The highest BCUT2D eigenvalue weighted by Crippen LogP contribution is 2.59. The Morgan fingerprint density at radius 1 is 1.03 bits per heavy atom. The van der Waals surface area contributed by atoms with E-state index in [9.17, 15) is 10.2 Å². The summed E-state index contributed by atoms with van der Waals surface area (Å²) >= 11 is 0. The Balaban J connectivity index is 1.47. The molecule has 29 heavy (non-hydrogen) atoms. The van der Waals surface area contributed by atoms with E-state index >= 15 is 0 Å². The topological polar surface area (TPSA) is 40.5 Å². The quantitative estimate of drug-likeness (QED) is 0.550. The Morgan fingerprint density at radius 2 is 1.83 bits per heavy atom. The van der Waals surface area contributed by atoms with Crippen LogP contribution in [0.1, 0.15) is 78.1 Å². The van der Waals surface area contributed by atoms with Crippen LogP contribution >= 0.6 is 0 Å². The molecule has 2 nitrogen and oxygen atoms in total. The molecule has 0 aromatic carbocycles. The molecule has 4 aliphatic rings. The first kappa shape index (κ1) is 21.1. The number of hydrogen-bond acceptors (Lipinski definition) is 2. The van der Waals surface area contributed by atoms with Gasteiger partial charge in [0.15, 0.2) is 0 Å². The average Bonchev–Trinajstić information content (AvgIpc) is 3.48. The minimum Gasteiger partial charge on any atom is -0.389 e. The van der Waals surface area contributed by atoms with Gasteiger partial charge in [-0.05, 0) is 104 Å². The maximum Gasteiger partial charge on any atom is 0.0787 e. The molecule has 160 valence electrons. The van der Waals surface area contributed by atoms with Crippen molar-refractivity contribution < 1.29 is 10.2 Å². The van der Waals surface area contributed by atoms with E-state index in [4.69, 9.17) is 0 Å². The molecule has 5 unspecified atom stereocenters. The molecule has 0 saturated heterocycles. The zero-order chi connectivity index (χ0) is 20.6. The first-order valence-corrected chi connectivity index (χ1v) is 12.0. The van der Waals surface area contributed by atoms with Crippen LogP contribution in [0.2, 0.25) is 0 Å². The molecule has 0 radical (unpaired) electrons. The maximum absolute atomic E-state index is 10.2. The van der Waals surface area contributed by atoms with Crippen LogP contribution in [0, 0.1) is 29.1 Å². The molecule has 0 bridgehead atoms. The van der Waals surface area contributed by atoms with Gasteiger partial charge < -0.3 is 10.2 Å². The van der Waals surface area contributed by atoms with Crippen LogP contribution in [0.4, 0.5) is 0 Å². The highest BCUT2D eigenvalue weighted by Gasteiger charge is 2.50. The maximum atomic E-state index is 10.2. The predicted octanol–water partition coefficient (Wildman–Crippen LogP) is 6.12. The predicted molar refractivity (Wildman–Crippen MR) is 120 cm³/mol. The van der Waals surface area contributed by atoms with E-state index in [1.807, 2.05) is 0 Å². The number of allylic oxidation sites excluding steroid dienone is 4. The van der Waals surface area contributed by atoms with Crippen molar-refractivity contribution in [1.82, 2.24) is 0 Å². The molecule has 4 rings (SSSR count). The zero-order valence-electron chi connectivity index (χ0n) is 18.4. The van der Waals surface area contributed by atoms with Gasteiger partial charge in [-0.2, -0.15) is 0 Å². The minimum atomic E-state index is -0.348. The normalized spacial score (nSPS) is 40.6. The van der Waals surface area contributed by atoms with Gasteiger partial charge in [-0.25, -0.2) is 0 Å². The first-order valence-electron chi connectivity index (χ1n) is 12.0. The van der Waals surface area contributed by atoms with Crippen molar-refractivity contribution in [2.45, 2.75) is 90.3 Å². The van der Waals surface area contributed by atoms with Crippen molar-refractivity contribution in [3.05, 3.63) is 47.6 Å². The van der Waals surface area contributed by atoms with Gasteiger partial charge in [0.25, 0.3) is 0 Å². The minimum absolute atomic E-state index is 0.227. The van der Waals surface area contributed by atoms with Crippen LogP contribution in [0.5, 0.6) is 0 Å². The average molecular weight is 397 g/mol. The van der Waals surface area contributed by atoms with Gasteiger partial charge in [0, 0.05) is 0 Å². The van der Waals surface area contributed by atoms with Crippen LogP contribution in [0.3, 0.4) is 0 Å². The lowest BCUT2D eigenvalue weighted by Gasteiger charge is -2.44. The Hall–Kier alpha value is -1.12. The van der Waals surface area contributed by atoms with E-state index in [1.54, 1.807) is 5.57 Å². The molecule has 0 heterocycles. The third kappa shape index (κ3) is 4.35. The molecule has 0 aromatic rings. The van der Waals surface area contributed by atoms with Crippen molar-refractivity contribution in [3.63, 3.8) is 0 Å². The number of fused-ring (bicyclic) bond motifs is 1. The SMILES string of the molecule is C=C1/C(=C\C=C2/CCCC3(C)C2CCC3C(C)/C=C/C(O)C2CC2)CCC[C@@H]1O. The van der Waals surface area contributed by atoms with Crippen LogP contribution in [0.25, 0.3) is 0 Å². The van der Waals surface area contributed by atoms with Crippen molar-refractivity contribution in [2.75, 3.05) is 0 Å². The molecule has 4 fully saturated rings. The molecule has 0 amide bonds. The molecular formula is C27H40O2. The highest BCUT2D eigenvalue weighted by atomic mass is 16.3. The number of rotatable bonds is 5. The lowest BCUT2D eigenvalue weighted by atomic mass is 9.61. The van der Waals surface area contributed by atoms with E-state index in [1.165, 1.54) is 50.5 Å². The van der Waals surface area contributed by atoms with E-state index in [0.29, 0.717) is 29.1 Å². The van der Waals surface area contributed by atoms with Crippen molar-refractivity contribution >= 4 is 0 Å². The summed E-state index contributed by atoms with van der Waals surface area (Å²) in [7, 11) is 0. The molecule has 0 aromatic heterocycles. The largest absolute Gasteiger partial charge is 0.389 e. The summed E-state index contributed by atoms with van der Waals surface area (Å²) in [5.74, 6) is 2.45. The third-order valence-electron chi connectivity index (χ3n) is 8.63. The fourth-order valence-corrected chi connectivity index (χ4v) is 6.59. The molecule has 2 heteroatoms. The second-order valence-corrected chi connectivity index (χ2v) is 10.5. The number of aliphatic hydroxyl groups is 2. The van der Waals surface area contributed by atoms with Gasteiger partial charge in [-0.3, -0.25) is 0 Å². The summed E-state index contributed by atoms with van der Waals surface area (Å²) < 4.78 is 0. The summed E-state index contributed by atoms with van der Waals surface area (Å²) in [6.07, 6.45) is 20.3. The second-order valence-electron chi connectivity index (χ2n) is 10.5. The lowest BCUT2D eigenvalue weighted by Crippen LogP contribution is -2.35. The van der Waals surface area contributed by atoms with E-state index in [-0.39, 0.29) is 12.2 Å². The Bertz CT molecular complexity index is 710.